The fourth-order valence-electron chi connectivity index (χ4n) is 3.79. The Labute approximate surface area is 169 Å². The van der Waals surface area contributed by atoms with Crippen molar-refractivity contribution in [3.8, 4) is 0 Å². The second-order valence-electron chi connectivity index (χ2n) is 8.86. The van der Waals surface area contributed by atoms with E-state index in [1.807, 2.05) is 29.2 Å². The van der Waals surface area contributed by atoms with Crippen molar-refractivity contribution < 1.29 is 4.79 Å². The number of nitrogens with zero attached hydrogens (tertiary/aromatic N) is 4. The monoisotopic (exact) mass is 393 g/mol. The molecule has 1 aliphatic heterocycles. The molecular weight excluding hydrogens is 366 g/mol. The first-order valence-corrected chi connectivity index (χ1v) is 10.1. The summed E-state index contributed by atoms with van der Waals surface area (Å²) in [6.45, 7) is 8.26. The number of hydrogen-bond acceptors (Lipinski definition) is 4. The van der Waals surface area contributed by atoms with Crippen LogP contribution in [0, 0.1) is 5.92 Å². The highest BCUT2D eigenvalue weighted by molar-refractivity contribution is 5.97. The number of imidazole rings is 1. The standard InChI is InChI=1S/C22H27N5O2/c1-22(2,3)19-6-7-20(28)27(25-19)13-15-8-10-26(11-9-15)21(29)16-4-5-17-18(12-16)24-14-23-17/h4-7,12,14-15H,8-11,13H2,1-3H3,(H,23,24). The molecule has 152 valence electrons. The molecule has 3 aromatic rings. The van der Waals surface area contributed by atoms with Gasteiger partial charge in [-0.15, -0.1) is 0 Å². The number of fused-ring (bicyclic) bond motifs is 1. The minimum absolute atomic E-state index is 0.0463. The molecule has 1 aliphatic rings. The summed E-state index contributed by atoms with van der Waals surface area (Å²) in [7, 11) is 0. The Hall–Kier alpha value is -2.96. The van der Waals surface area contributed by atoms with E-state index in [1.165, 1.54) is 0 Å². The van der Waals surface area contributed by atoms with Gasteiger partial charge in [-0.05, 0) is 43.0 Å². The van der Waals surface area contributed by atoms with Crippen LogP contribution in [0.4, 0.5) is 0 Å². The highest BCUT2D eigenvalue weighted by atomic mass is 16.2. The Balaban J connectivity index is 1.40. The molecule has 1 saturated heterocycles. The number of rotatable bonds is 3. The Morgan fingerprint density at radius 2 is 1.93 bits per heavy atom. The lowest BCUT2D eigenvalue weighted by Gasteiger charge is -2.32. The van der Waals surface area contributed by atoms with Gasteiger partial charge >= 0.3 is 0 Å². The molecule has 3 heterocycles. The van der Waals surface area contributed by atoms with Gasteiger partial charge in [0.05, 0.1) is 23.1 Å². The number of amides is 1. The maximum absolute atomic E-state index is 12.9. The van der Waals surface area contributed by atoms with Crippen LogP contribution in [0.15, 0.2) is 41.5 Å². The van der Waals surface area contributed by atoms with Crippen molar-refractivity contribution in [2.24, 2.45) is 5.92 Å². The smallest absolute Gasteiger partial charge is 0.266 e. The molecule has 1 amide bonds. The lowest BCUT2D eigenvalue weighted by atomic mass is 9.92. The van der Waals surface area contributed by atoms with Crippen molar-refractivity contribution in [2.45, 2.75) is 45.6 Å². The molecule has 4 rings (SSSR count). The number of likely N-dealkylation sites (tertiary alicyclic amines) is 1. The summed E-state index contributed by atoms with van der Waals surface area (Å²) >= 11 is 0. The highest BCUT2D eigenvalue weighted by Crippen LogP contribution is 2.22. The van der Waals surface area contributed by atoms with E-state index in [1.54, 1.807) is 17.1 Å². The molecule has 7 heteroatoms. The molecule has 0 atom stereocenters. The van der Waals surface area contributed by atoms with Crippen LogP contribution in [-0.2, 0) is 12.0 Å². The average Bonchev–Trinajstić information content (AvgIpc) is 3.16. The first-order chi connectivity index (χ1) is 13.8. The van der Waals surface area contributed by atoms with Crippen LogP contribution in [0.5, 0.6) is 0 Å². The van der Waals surface area contributed by atoms with Crippen LogP contribution in [-0.4, -0.2) is 43.6 Å². The SMILES string of the molecule is CC(C)(C)c1ccc(=O)n(CC2CCN(C(=O)c3ccc4nc[nH]c4c3)CC2)n1. The molecule has 0 spiro atoms. The number of aromatic nitrogens is 4. The zero-order valence-electron chi connectivity index (χ0n) is 17.2. The summed E-state index contributed by atoms with van der Waals surface area (Å²) in [6, 6.07) is 8.98. The van der Waals surface area contributed by atoms with Crippen molar-refractivity contribution in [1.29, 1.82) is 0 Å². The average molecular weight is 393 g/mol. The van der Waals surface area contributed by atoms with Gasteiger partial charge in [-0.3, -0.25) is 9.59 Å². The van der Waals surface area contributed by atoms with E-state index in [0.717, 1.165) is 29.6 Å². The summed E-state index contributed by atoms with van der Waals surface area (Å²) in [4.78, 5) is 34.3. The van der Waals surface area contributed by atoms with Crippen LogP contribution in [0.2, 0.25) is 0 Å². The van der Waals surface area contributed by atoms with E-state index < -0.39 is 0 Å². The van der Waals surface area contributed by atoms with Gasteiger partial charge in [0.1, 0.15) is 0 Å². The number of H-pyrrole nitrogens is 1. The molecule has 0 unspecified atom stereocenters. The topological polar surface area (TPSA) is 83.9 Å². The van der Waals surface area contributed by atoms with Gasteiger partial charge in [0.2, 0.25) is 0 Å². The minimum atomic E-state index is -0.0962. The summed E-state index contributed by atoms with van der Waals surface area (Å²) in [6.07, 6.45) is 3.37. The number of piperidine rings is 1. The minimum Gasteiger partial charge on any atom is -0.345 e. The van der Waals surface area contributed by atoms with Crippen molar-refractivity contribution in [1.82, 2.24) is 24.6 Å². The largest absolute Gasteiger partial charge is 0.345 e. The molecule has 2 aromatic heterocycles. The number of carbonyl (C=O) groups excluding carboxylic acids is 1. The van der Waals surface area contributed by atoms with Crippen molar-refractivity contribution in [2.75, 3.05) is 13.1 Å². The quantitative estimate of drug-likeness (QED) is 0.741. The normalized spacial score (nSPS) is 15.8. The number of nitrogens with one attached hydrogen (secondary N) is 1. The number of aromatic amines is 1. The van der Waals surface area contributed by atoms with Crippen LogP contribution in [0.25, 0.3) is 11.0 Å². The van der Waals surface area contributed by atoms with E-state index in [2.05, 4.69) is 35.8 Å². The second-order valence-corrected chi connectivity index (χ2v) is 8.86. The van der Waals surface area contributed by atoms with Crippen molar-refractivity contribution >= 4 is 16.9 Å². The molecule has 0 saturated carbocycles. The highest BCUT2D eigenvalue weighted by Gasteiger charge is 2.25. The lowest BCUT2D eigenvalue weighted by Crippen LogP contribution is -2.40. The molecule has 1 aromatic carbocycles. The van der Waals surface area contributed by atoms with Gasteiger partial charge in [-0.1, -0.05) is 20.8 Å². The third-order valence-corrected chi connectivity index (χ3v) is 5.64. The van der Waals surface area contributed by atoms with Gasteiger partial charge in [0.25, 0.3) is 11.5 Å². The van der Waals surface area contributed by atoms with Gasteiger partial charge < -0.3 is 9.88 Å². The summed E-state index contributed by atoms with van der Waals surface area (Å²) in [5, 5.41) is 4.58. The third kappa shape index (κ3) is 4.09. The lowest BCUT2D eigenvalue weighted by molar-refractivity contribution is 0.0680. The van der Waals surface area contributed by atoms with E-state index in [0.29, 0.717) is 31.1 Å². The Kier molecular flexibility index (Phi) is 4.98. The first-order valence-electron chi connectivity index (χ1n) is 10.1. The number of benzene rings is 1. The van der Waals surface area contributed by atoms with Crippen molar-refractivity contribution in [3.63, 3.8) is 0 Å². The second kappa shape index (κ2) is 7.46. The summed E-state index contributed by atoms with van der Waals surface area (Å²) in [5.74, 6) is 0.388. The molecule has 29 heavy (non-hydrogen) atoms. The Morgan fingerprint density at radius 1 is 1.17 bits per heavy atom. The van der Waals surface area contributed by atoms with Crippen LogP contribution >= 0.6 is 0 Å². The summed E-state index contributed by atoms with van der Waals surface area (Å²) in [5.41, 5.74) is 3.16. The number of carbonyl (C=O) groups is 1. The van der Waals surface area contributed by atoms with Gasteiger partial charge in [0.15, 0.2) is 0 Å². The van der Waals surface area contributed by atoms with Crippen LogP contribution in [0.3, 0.4) is 0 Å². The Morgan fingerprint density at radius 3 is 2.66 bits per heavy atom. The van der Waals surface area contributed by atoms with Gasteiger partial charge in [-0.2, -0.15) is 5.10 Å². The fourth-order valence-corrected chi connectivity index (χ4v) is 3.79. The third-order valence-electron chi connectivity index (χ3n) is 5.64. The zero-order valence-corrected chi connectivity index (χ0v) is 17.2. The maximum atomic E-state index is 12.9. The van der Waals surface area contributed by atoms with Crippen molar-refractivity contribution in [3.05, 3.63) is 58.3 Å². The van der Waals surface area contributed by atoms with Crippen LogP contribution < -0.4 is 5.56 Å². The van der Waals surface area contributed by atoms with E-state index in [9.17, 15) is 9.59 Å². The molecule has 0 bridgehead atoms. The predicted octanol–water partition coefficient (Wildman–Crippen LogP) is 2.97. The molecular formula is C22H27N5O2. The Bertz CT molecular complexity index is 1080. The maximum Gasteiger partial charge on any atom is 0.266 e. The summed E-state index contributed by atoms with van der Waals surface area (Å²) < 4.78 is 1.59. The molecule has 7 nitrogen and oxygen atoms in total. The predicted molar refractivity (Wildman–Crippen MR) is 112 cm³/mol. The van der Waals surface area contributed by atoms with E-state index in [-0.39, 0.29) is 16.9 Å². The van der Waals surface area contributed by atoms with E-state index >= 15 is 0 Å². The fraction of sp³-hybridized carbons (Fsp3) is 0.455. The molecule has 1 N–H and O–H groups in total. The number of hydrogen-bond donors (Lipinski definition) is 1. The molecule has 0 aliphatic carbocycles. The molecule has 1 fully saturated rings. The van der Waals surface area contributed by atoms with Crippen LogP contribution in [0.1, 0.15) is 49.7 Å². The molecule has 0 radical (unpaired) electrons. The zero-order chi connectivity index (χ0) is 20.6. The van der Waals surface area contributed by atoms with Gasteiger partial charge in [0, 0.05) is 36.7 Å². The van der Waals surface area contributed by atoms with E-state index in [4.69, 9.17) is 0 Å². The van der Waals surface area contributed by atoms with Gasteiger partial charge in [-0.25, -0.2) is 9.67 Å². The first kappa shape index (κ1) is 19.4.